The molecular formula is C19H12F3N3O2S. The number of aromatic nitrogens is 1. The molecule has 0 aliphatic carbocycles. The van der Waals surface area contributed by atoms with Crippen molar-refractivity contribution in [3.63, 3.8) is 0 Å². The summed E-state index contributed by atoms with van der Waals surface area (Å²) >= 11 is 1.16. The minimum Gasteiger partial charge on any atom is -0.307 e. The zero-order valence-electron chi connectivity index (χ0n) is 14.4. The van der Waals surface area contributed by atoms with Gasteiger partial charge in [-0.1, -0.05) is 24.3 Å². The Bertz CT molecular complexity index is 1070. The molecule has 9 heteroatoms. The summed E-state index contributed by atoms with van der Waals surface area (Å²) < 4.78 is 39.1. The van der Waals surface area contributed by atoms with Gasteiger partial charge in [-0.2, -0.15) is 18.4 Å². The summed E-state index contributed by atoms with van der Waals surface area (Å²) in [6.45, 7) is 0. The number of amides is 1. The topological polar surface area (TPSA) is 74.1 Å². The lowest BCUT2D eigenvalue weighted by atomic mass is 9.97. The molecule has 0 aliphatic rings. The second-order valence-electron chi connectivity index (χ2n) is 5.83. The molecule has 1 heterocycles. The average Bonchev–Trinajstić information content (AvgIpc) is 3.10. The molecule has 0 bridgehead atoms. The van der Waals surface area contributed by atoms with Crippen molar-refractivity contribution < 1.29 is 22.8 Å². The summed E-state index contributed by atoms with van der Waals surface area (Å²) in [7, 11) is 0.932. The first-order valence-corrected chi connectivity index (χ1v) is 8.79. The lowest BCUT2D eigenvalue weighted by Crippen LogP contribution is -2.39. The maximum Gasteiger partial charge on any atom is 0.471 e. The number of thiazole rings is 1. The number of rotatable bonds is 4. The van der Waals surface area contributed by atoms with Crippen LogP contribution in [0.4, 0.5) is 18.9 Å². The van der Waals surface area contributed by atoms with Crippen LogP contribution >= 0.6 is 11.3 Å². The highest BCUT2D eigenvalue weighted by molar-refractivity contribution is 7.18. The van der Waals surface area contributed by atoms with Crippen LogP contribution in [-0.4, -0.2) is 29.9 Å². The van der Waals surface area contributed by atoms with Gasteiger partial charge in [-0.25, -0.2) is 4.98 Å². The number of anilines is 1. The molecule has 0 radical (unpaired) electrons. The highest BCUT2D eigenvalue weighted by atomic mass is 32.1. The smallest absolute Gasteiger partial charge is 0.307 e. The molecule has 0 N–H and O–H groups in total. The minimum absolute atomic E-state index is 0.159. The van der Waals surface area contributed by atoms with E-state index in [1.165, 1.54) is 24.3 Å². The van der Waals surface area contributed by atoms with Crippen LogP contribution in [0.25, 0.3) is 10.2 Å². The maximum atomic E-state index is 13.0. The highest BCUT2D eigenvalue weighted by Crippen LogP contribution is 2.32. The van der Waals surface area contributed by atoms with E-state index in [0.717, 1.165) is 23.1 Å². The normalized spacial score (nSPS) is 12.4. The lowest BCUT2D eigenvalue weighted by molar-refractivity contribution is -0.170. The Morgan fingerprint density at radius 2 is 1.79 bits per heavy atom. The summed E-state index contributed by atoms with van der Waals surface area (Å²) in [4.78, 5) is 29.2. The number of carbonyl (C=O) groups excluding carboxylic acids is 2. The van der Waals surface area contributed by atoms with Crippen molar-refractivity contribution in [2.75, 3.05) is 11.9 Å². The predicted octanol–water partition coefficient (Wildman–Crippen LogP) is 4.31. The fourth-order valence-corrected chi connectivity index (χ4v) is 3.68. The quantitative estimate of drug-likeness (QED) is 0.609. The van der Waals surface area contributed by atoms with Gasteiger partial charge in [0.15, 0.2) is 11.7 Å². The van der Waals surface area contributed by atoms with E-state index >= 15 is 0 Å². The van der Waals surface area contributed by atoms with Crippen molar-refractivity contribution >= 4 is 38.9 Å². The van der Waals surface area contributed by atoms with Crippen LogP contribution < -0.4 is 4.90 Å². The number of Topliss-reactive ketones (excluding diaryl/α,β-unsaturated/α-hetero) is 1. The van der Waals surface area contributed by atoms with E-state index in [4.69, 9.17) is 0 Å². The van der Waals surface area contributed by atoms with Gasteiger partial charge in [0.05, 0.1) is 22.0 Å². The van der Waals surface area contributed by atoms with E-state index in [1.807, 2.05) is 6.07 Å². The van der Waals surface area contributed by atoms with Gasteiger partial charge in [-0.15, -0.1) is 11.3 Å². The standard InChI is InChI=1S/C19H12F3N3O2S/c1-25(18(27)19(20,21)22)14-8-4-2-6-11(14)16(26)12(10-23)17-24-13-7-3-5-9-15(13)28-17/h2-9,12H,1H3. The van der Waals surface area contributed by atoms with E-state index in [1.54, 1.807) is 24.3 Å². The number of hydrogen-bond donors (Lipinski definition) is 0. The minimum atomic E-state index is -5.09. The molecule has 0 saturated heterocycles. The Morgan fingerprint density at radius 1 is 1.14 bits per heavy atom. The number of nitrogens with zero attached hydrogens (tertiary/aromatic N) is 3. The Kier molecular flexibility index (Phi) is 5.16. The number of fused-ring (bicyclic) bond motifs is 1. The number of benzene rings is 2. The van der Waals surface area contributed by atoms with E-state index in [0.29, 0.717) is 10.4 Å². The molecule has 0 saturated carbocycles. The van der Waals surface area contributed by atoms with Crippen LogP contribution in [0.15, 0.2) is 48.5 Å². The molecule has 3 rings (SSSR count). The van der Waals surface area contributed by atoms with Crippen molar-refractivity contribution in [3.05, 3.63) is 59.1 Å². The molecule has 1 aromatic heterocycles. The van der Waals surface area contributed by atoms with Gasteiger partial charge in [0.2, 0.25) is 0 Å². The monoisotopic (exact) mass is 403 g/mol. The number of para-hydroxylation sites is 2. The first-order valence-electron chi connectivity index (χ1n) is 7.97. The zero-order chi connectivity index (χ0) is 20.5. The van der Waals surface area contributed by atoms with Gasteiger partial charge >= 0.3 is 12.1 Å². The Hall–Kier alpha value is -3.25. The zero-order valence-corrected chi connectivity index (χ0v) is 15.2. The third-order valence-corrected chi connectivity index (χ3v) is 5.13. The average molecular weight is 403 g/mol. The van der Waals surface area contributed by atoms with Gasteiger partial charge in [-0.05, 0) is 24.3 Å². The molecule has 0 aliphatic heterocycles. The van der Waals surface area contributed by atoms with Gasteiger partial charge in [0.25, 0.3) is 0 Å². The van der Waals surface area contributed by atoms with Gasteiger partial charge in [0, 0.05) is 12.6 Å². The summed E-state index contributed by atoms with van der Waals surface area (Å²) in [5, 5.41) is 9.78. The molecule has 1 unspecified atom stereocenters. The molecule has 3 aromatic rings. The fourth-order valence-electron chi connectivity index (χ4n) is 2.67. The molecule has 1 atom stereocenters. The second-order valence-corrected chi connectivity index (χ2v) is 6.89. The Balaban J connectivity index is 2.02. The number of nitriles is 1. The Morgan fingerprint density at radius 3 is 2.43 bits per heavy atom. The third kappa shape index (κ3) is 3.59. The van der Waals surface area contributed by atoms with Crippen molar-refractivity contribution in [2.45, 2.75) is 12.1 Å². The number of ketones is 1. The molecule has 0 spiro atoms. The largest absolute Gasteiger partial charge is 0.471 e. The molecular weight excluding hydrogens is 391 g/mol. The van der Waals surface area contributed by atoms with Crippen LogP contribution in [0.3, 0.4) is 0 Å². The van der Waals surface area contributed by atoms with E-state index < -0.39 is 23.8 Å². The Labute approximate surface area is 161 Å². The van der Waals surface area contributed by atoms with Crippen molar-refractivity contribution in [2.24, 2.45) is 0 Å². The summed E-state index contributed by atoms with van der Waals surface area (Å²) in [5.41, 5.74) is 0.234. The predicted molar refractivity (Wildman–Crippen MR) is 98.2 cm³/mol. The number of alkyl halides is 3. The fraction of sp³-hybridized carbons (Fsp3) is 0.158. The summed E-state index contributed by atoms with van der Waals surface area (Å²) in [6.07, 6.45) is -5.09. The molecule has 1 amide bonds. The first kappa shape index (κ1) is 19.5. The van der Waals surface area contributed by atoms with E-state index in [2.05, 4.69) is 4.98 Å². The summed E-state index contributed by atoms with van der Waals surface area (Å²) in [5.74, 6) is -4.13. The number of halogens is 3. The molecule has 2 aromatic carbocycles. The highest BCUT2D eigenvalue weighted by Gasteiger charge is 2.42. The van der Waals surface area contributed by atoms with E-state index in [9.17, 15) is 28.0 Å². The van der Waals surface area contributed by atoms with Crippen molar-refractivity contribution in [3.8, 4) is 6.07 Å². The van der Waals surface area contributed by atoms with Crippen LogP contribution in [0.2, 0.25) is 0 Å². The van der Waals surface area contributed by atoms with E-state index in [-0.39, 0.29) is 16.3 Å². The lowest BCUT2D eigenvalue weighted by Gasteiger charge is -2.21. The van der Waals surface area contributed by atoms with Gasteiger partial charge in [0.1, 0.15) is 5.01 Å². The van der Waals surface area contributed by atoms with Gasteiger partial charge < -0.3 is 4.90 Å². The van der Waals surface area contributed by atoms with Crippen molar-refractivity contribution in [1.82, 2.24) is 4.98 Å². The third-order valence-electron chi connectivity index (χ3n) is 4.03. The molecule has 142 valence electrons. The molecule has 5 nitrogen and oxygen atoms in total. The SMILES string of the molecule is CN(C(=O)C(F)(F)F)c1ccccc1C(=O)C(C#N)c1nc2ccccc2s1. The van der Waals surface area contributed by atoms with Crippen molar-refractivity contribution in [1.29, 1.82) is 5.26 Å². The van der Waals surface area contributed by atoms with Gasteiger partial charge in [-0.3, -0.25) is 9.59 Å². The molecule has 28 heavy (non-hydrogen) atoms. The first-order chi connectivity index (χ1) is 13.2. The van der Waals surface area contributed by atoms with Crippen LogP contribution in [0.1, 0.15) is 21.3 Å². The summed E-state index contributed by atoms with van der Waals surface area (Å²) in [6, 6.07) is 14.3. The number of hydrogen-bond acceptors (Lipinski definition) is 5. The molecule has 0 fully saturated rings. The number of carbonyl (C=O) groups is 2. The second kappa shape index (κ2) is 7.40. The van der Waals surface area contributed by atoms with Crippen LogP contribution in [0.5, 0.6) is 0 Å². The van der Waals surface area contributed by atoms with Crippen LogP contribution in [-0.2, 0) is 4.79 Å². The maximum absolute atomic E-state index is 13.0. The van der Waals surface area contributed by atoms with Crippen LogP contribution in [0, 0.1) is 11.3 Å².